The van der Waals surface area contributed by atoms with Gasteiger partial charge in [0.15, 0.2) is 5.82 Å². The van der Waals surface area contributed by atoms with Gasteiger partial charge in [-0.25, -0.2) is 4.68 Å². The molecule has 1 aromatic heterocycles. The molecular weight excluding hydrogens is 280 g/mol. The third-order valence-electron chi connectivity index (χ3n) is 3.58. The lowest BCUT2D eigenvalue weighted by molar-refractivity contribution is -0.120. The zero-order valence-electron chi connectivity index (χ0n) is 13.4. The molecule has 22 heavy (non-hydrogen) atoms. The number of aromatic nitrogens is 4. The fourth-order valence-electron chi connectivity index (χ4n) is 1.90. The summed E-state index contributed by atoms with van der Waals surface area (Å²) < 4.78 is 1.61. The lowest BCUT2D eigenvalue weighted by Crippen LogP contribution is -2.39. The van der Waals surface area contributed by atoms with Crippen LogP contribution < -0.4 is 10.6 Å². The number of tetrazole rings is 1. The van der Waals surface area contributed by atoms with Crippen LogP contribution in [-0.2, 0) is 11.8 Å². The van der Waals surface area contributed by atoms with Crippen molar-refractivity contribution in [3.05, 3.63) is 24.3 Å². The lowest BCUT2D eigenvalue weighted by Gasteiger charge is -2.17. The van der Waals surface area contributed by atoms with Gasteiger partial charge in [-0.3, -0.25) is 4.79 Å². The van der Waals surface area contributed by atoms with Crippen molar-refractivity contribution < 1.29 is 4.79 Å². The van der Waals surface area contributed by atoms with E-state index in [4.69, 9.17) is 0 Å². The average molecular weight is 302 g/mol. The number of rotatable bonds is 6. The zero-order valence-corrected chi connectivity index (χ0v) is 13.4. The van der Waals surface area contributed by atoms with E-state index in [0.717, 1.165) is 11.3 Å². The molecule has 7 nitrogen and oxygen atoms in total. The quantitative estimate of drug-likeness (QED) is 0.843. The number of carbonyl (C=O) groups is 1. The SMILES string of the molecule is CC(C)C(C)NC(=O)CNc1cccc(-c2nnnn2C)c1. The van der Waals surface area contributed by atoms with Crippen LogP contribution in [0, 0.1) is 5.92 Å². The standard InChI is InChI=1S/C15H22N6O/c1-10(2)11(3)17-14(22)9-16-13-7-5-6-12(8-13)15-18-19-20-21(15)4/h5-8,10-11,16H,9H2,1-4H3,(H,17,22). The van der Waals surface area contributed by atoms with E-state index in [2.05, 4.69) is 40.0 Å². The van der Waals surface area contributed by atoms with Crippen molar-refractivity contribution in [1.82, 2.24) is 25.5 Å². The van der Waals surface area contributed by atoms with Crippen molar-refractivity contribution >= 4 is 11.6 Å². The molecule has 0 bridgehead atoms. The normalized spacial score (nSPS) is 12.2. The van der Waals surface area contributed by atoms with Gasteiger partial charge in [0.2, 0.25) is 5.91 Å². The maximum absolute atomic E-state index is 11.9. The summed E-state index contributed by atoms with van der Waals surface area (Å²) in [6, 6.07) is 7.82. The van der Waals surface area contributed by atoms with E-state index < -0.39 is 0 Å². The molecule has 1 amide bonds. The smallest absolute Gasteiger partial charge is 0.239 e. The molecule has 2 N–H and O–H groups in total. The minimum atomic E-state index is -0.0214. The number of nitrogens with one attached hydrogen (secondary N) is 2. The highest BCUT2D eigenvalue weighted by molar-refractivity contribution is 5.81. The fraction of sp³-hybridized carbons (Fsp3) is 0.467. The van der Waals surface area contributed by atoms with E-state index in [1.54, 1.807) is 11.7 Å². The Bertz CT molecular complexity index is 636. The summed E-state index contributed by atoms with van der Waals surface area (Å²) in [6.07, 6.45) is 0. The molecule has 2 rings (SSSR count). The van der Waals surface area contributed by atoms with Gasteiger partial charge in [-0.1, -0.05) is 26.0 Å². The maximum atomic E-state index is 11.9. The van der Waals surface area contributed by atoms with E-state index in [0.29, 0.717) is 11.7 Å². The summed E-state index contributed by atoms with van der Waals surface area (Å²) in [5, 5.41) is 17.5. The van der Waals surface area contributed by atoms with E-state index >= 15 is 0 Å². The molecule has 1 unspecified atom stereocenters. The molecule has 1 aromatic carbocycles. The monoisotopic (exact) mass is 302 g/mol. The van der Waals surface area contributed by atoms with Gasteiger partial charge in [-0.2, -0.15) is 0 Å². The molecule has 118 valence electrons. The number of aryl methyl sites for hydroxylation is 1. The van der Waals surface area contributed by atoms with Crippen LogP contribution in [0.2, 0.25) is 0 Å². The lowest BCUT2D eigenvalue weighted by atomic mass is 10.1. The predicted molar refractivity (Wildman–Crippen MR) is 85.2 cm³/mol. The Morgan fingerprint density at radius 1 is 1.32 bits per heavy atom. The topological polar surface area (TPSA) is 84.7 Å². The molecular formula is C15H22N6O. The van der Waals surface area contributed by atoms with Gasteiger partial charge in [-0.15, -0.1) is 5.10 Å². The second-order valence-electron chi connectivity index (χ2n) is 5.66. The van der Waals surface area contributed by atoms with Crippen molar-refractivity contribution in [2.45, 2.75) is 26.8 Å². The number of anilines is 1. The highest BCUT2D eigenvalue weighted by Gasteiger charge is 2.11. The highest BCUT2D eigenvalue weighted by Crippen LogP contribution is 2.19. The molecule has 1 atom stereocenters. The van der Waals surface area contributed by atoms with Crippen LogP contribution in [0.3, 0.4) is 0 Å². The Morgan fingerprint density at radius 2 is 2.09 bits per heavy atom. The number of hydrogen-bond donors (Lipinski definition) is 2. The summed E-state index contributed by atoms with van der Waals surface area (Å²) in [4.78, 5) is 11.9. The third kappa shape index (κ3) is 4.03. The second-order valence-corrected chi connectivity index (χ2v) is 5.66. The number of hydrogen-bond acceptors (Lipinski definition) is 5. The van der Waals surface area contributed by atoms with Crippen molar-refractivity contribution in [1.29, 1.82) is 0 Å². The number of benzene rings is 1. The van der Waals surface area contributed by atoms with Crippen LogP contribution in [0.4, 0.5) is 5.69 Å². The second kappa shape index (κ2) is 7.02. The Morgan fingerprint density at radius 3 is 2.73 bits per heavy atom. The average Bonchev–Trinajstić information content (AvgIpc) is 2.91. The van der Waals surface area contributed by atoms with Gasteiger partial charge >= 0.3 is 0 Å². The largest absolute Gasteiger partial charge is 0.376 e. The van der Waals surface area contributed by atoms with Gasteiger partial charge in [0.25, 0.3) is 0 Å². The van der Waals surface area contributed by atoms with Crippen molar-refractivity contribution in [2.24, 2.45) is 13.0 Å². The molecule has 2 aromatic rings. The summed E-state index contributed by atoms with van der Waals surface area (Å²) >= 11 is 0. The van der Waals surface area contributed by atoms with Crippen molar-refractivity contribution in [3.63, 3.8) is 0 Å². The van der Waals surface area contributed by atoms with Gasteiger partial charge in [-0.05, 0) is 35.4 Å². The zero-order chi connectivity index (χ0) is 16.1. The van der Waals surface area contributed by atoms with Gasteiger partial charge in [0.1, 0.15) is 0 Å². The molecule has 0 radical (unpaired) electrons. The van der Waals surface area contributed by atoms with Crippen LogP contribution in [0.5, 0.6) is 0 Å². The minimum absolute atomic E-state index is 0.0214. The number of carbonyl (C=O) groups excluding carboxylic acids is 1. The van der Waals surface area contributed by atoms with Crippen molar-refractivity contribution in [2.75, 3.05) is 11.9 Å². The molecule has 0 saturated heterocycles. The molecule has 0 aliphatic rings. The Balaban J connectivity index is 1.97. The summed E-state index contributed by atoms with van der Waals surface area (Å²) in [7, 11) is 1.79. The first-order valence-corrected chi connectivity index (χ1v) is 7.33. The number of amides is 1. The van der Waals surface area contributed by atoms with Crippen LogP contribution in [0.15, 0.2) is 24.3 Å². The number of nitrogens with zero attached hydrogens (tertiary/aromatic N) is 4. The van der Waals surface area contributed by atoms with E-state index in [1.165, 1.54) is 0 Å². The predicted octanol–water partition coefficient (Wildman–Crippen LogP) is 1.45. The first kappa shape index (κ1) is 15.9. The summed E-state index contributed by atoms with van der Waals surface area (Å²) in [6.45, 7) is 6.40. The maximum Gasteiger partial charge on any atom is 0.239 e. The third-order valence-corrected chi connectivity index (χ3v) is 3.58. The molecule has 0 spiro atoms. The Labute approximate surface area is 130 Å². The van der Waals surface area contributed by atoms with E-state index in [-0.39, 0.29) is 18.5 Å². The van der Waals surface area contributed by atoms with Gasteiger partial charge < -0.3 is 10.6 Å². The molecule has 0 aliphatic carbocycles. The van der Waals surface area contributed by atoms with Crippen LogP contribution in [0.25, 0.3) is 11.4 Å². The van der Waals surface area contributed by atoms with E-state index in [9.17, 15) is 4.79 Å². The van der Waals surface area contributed by atoms with Crippen LogP contribution in [-0.4, -0.2) is 38.7 Å². The van der Waals surface area contributed by atoms with Gasteiger partial charge in [0, 0.05) is 24.3 Å². The first-order chi connectivity index (χ1) is 10.5. The summed E-state index contributed by atoms with van der Waals surface area (Å²) in [5.41, 5.74) is 1.75. The fourth-order valence-corrected chi connectivity index (χ4v) is 1.90. The molecule has 0 fully saturated rings. The Kier molecular flexibility index (Phi) is 5.08. The summed E-state index contributed by atoms with van der Waals surface area (Å²) in [5.74, 6) is 1.07. The molecule has 0 saturated carbocycles. The van der Waals surface area contributed by atoms with Crippen LogP contribution in [0.1, 0.15) is 20.8 Å². The van der Waals surface area contributed by atoms with Crippen LogP contribution >= 0.6 is 0 Å². The molecule has 7 heteroatoms. The van der Waals surface area contributed by atoms with Crippen molar-refractivity contribution in [3.8, 4) is 11.4 Å². The minimum Gasteiger partial charge on any atom is -0.376 e. The highest BCUT2D eigenvalue weighted by atomic mass is 16.1. The van der Waals surface area contributed by atoms with Gasteiger partial charge in [0.05, 0.1) is 6.54 Å². The molecule has 1 heterocycles. The van der Waals surface area contributed by atoms with E-state index in [1.807, 2.05) is 31.2 Å². The first-order valence-electron chi connectivity index (χ1n) is 7.33. The molecule has 0 aliphatic heterocycles. The Hall–Kier alpha value is -2.44.